The molecule has 0 bridgehead atoms. The first-order chi connectivity index (χ1) is 8.58. The van der Waals surface area contributed by atoms with E-state index in [1.165, 1.54) is 18.2 Å². The molecule has 1 unspecified atom stereocenters. The van der Waals surface area contributed by atoms with Crippen LogP contribution in [0.2, 0.25) is 0 Å². The van der Waals surface area contributed by atoms with E-state index in [2.05, 4.69) is 10.0 Å². The molecule has 1 aliphatic rings. The van der Waals surface area contributed by atoms with E-state index in [4.69, 9.17) is 0 Å². The second-order valence-electron chi connectivity index (χ2n) is 4.46. The fourth-order valence-corrected chi connectivity index (χ4v) is 3.14. The summed E-state index contributed by atoms with van der Waals surface area (Å²) in [5.74, 6) is -0.548. The van der Waals surface area contributed by atoms with Crippen LogP contribution >= 0.6 is 0 Å². The summed E-state index contributed by atoms with van der Waals surface area (Å²) in [4.78, 5) is -0.0293. The molecule has 0 amide bonds. The van der Waals surface area contributed by atoms with Crippen LogP contribution in [0.5, 0.6) is 0 Å². The van der Waals surface area contributed by atoms with Crippen LogP contribution in [0.3, 0.4) is 0 Å². The van der Waals surface area contributed by atoms with Gasteiger partial charge in [-0.3, -0.25) is 0 Å². The van der Waals surface area contributed by atoms with Gasteiger partial charge >= 0.3 is 0 Å². The summed E-state index contributed by atoms with van der Waals surface area (Å²) in [6.07, 6.45) is 3.21. The van der Waals surface area contributed by atoms with E-state index in [0.717, 1.165) is 31.9 Å². The predicted molar refractivity (Wildman–Crippen MR) is 67.2 cm³/mol. The van der Waals surface area contributed by atoms with E-state index in [-0.39, 0.29) is 10.9 Å². The second-order valence-corrected chi connectivity index (χ2v) is 6.22. The van der Waals surface area contributed by atoms with Crippen molar-refractivity contribution in [3.05, 3.63) is 30.1 Å². The monoisotopic (exact) mass is 272 g/mol. The number of hydrogen-bond donors (Lipinski definition) is 2. The summed E-state index contributed by atoms with van der Waals surface area (Å²) < 4.78 is 39.3. The minimum atomic E-state index is -3.61. The molecule has 0 saturated carbocycles. The molecule has 4 nitrogen and oxygen atoms in total. The number of rotatable bonds is 4. The first kappa shape index (κ1) is 13.5. The lowest BCUT2D eigenvalue weighted by molar-refractivity contribution is 0.398. The maximum absolute atomic E-state index is 13.0. The predicted octanol–water partition coefficient (Wildman–Crippen LogP) is 1.25. The molecule has 2 rings (SSSR count). The molecular formula is C12H17FN2O2S. The van der Waals surface area contributed by atoms with Gasteiger partial charge in [-0.25, -0.2) is 17.5 Å². The van der Waals surface area contributed by atoms with Crippen LogP contribution in [0, 0.1) is 5.82 Å². The van der Waals surface area contributed by atoms with E-state index in [0.29, 0.717) is 6.54 Å². The maximum Gasteiger partial charge on any atom is 0.240 e. The molecule has 6 heteroatoms. The molecule has 1 aliphatic heterocycles. The molecule has 1 aromatic rings. The highest BCUT2D eigenvalue weighted by Crippen LogP contribution is 2.11. The van der Waals surface area contributed by atoms with Gasteiger partial charge in [-0.15, -0.1) is 0 Å². The van der Waals surface area contributed by atoms with Crippen LogP contribution in [0.4, 0.5) is 4.39 Å². The molecule has 1 aromatic carbocycles. The average Bonchev–Trinajstić information content (AvgIpc) is 2.38. The number of hydrogen-bond acceptors (Lipinski definition) is 3. The van der Waals surface area contributed by atoms with Crippen molar-refractivity contribution in [1.29, 1.82) is 0 Å². The highest BCUT2D eigenvalue weighted by atomic mass is 32.2. The van der Waals surface area contributed by atoms with Gasteiger partial charge in [0, 0.05) is 12.6 Å². The van der Waals surface area contributed by atoms with Gasteiger partial charge < -0.3 is 5.32 Å². The maximum atomic E-state index is 13.0. The van der Waals surface area contributed by atoms with E-state index < -0.39 is 15.8 Å². The average molecular weight is 272 g/mol. The quantitative estimate of drug-likeness (QED) is 0.867. The minimum Gasteiger partial charge on any atom is -0.313 e. The van der Waals surface area contributed by atoms with Crippen LogP contribution in [0.1, 0.15) is 19.3 Å². The van der Waals surface area contributed by atoms with Crippen molar-refractivity contribution in [2.75, 3.05) is 13.1 Å². The smallest absolute Gasteiger partial charge is 0.240 e. The van der Waals surface area contributed by atoms with Crippen molar-refractivity contribution in [3.8, 4) is 0 Å². The molecule has 18 heavy (non-hydrogen) atoms. The minimum absolute atomic E-state index is 0.0293. The Morgan fingerprint density at radius 3 is 2.89 bits per heavy atom. The fourth-order valence-electron chi connectivity index (χ4n) is 2.03. The lowest BCUT2D eigenvalue weighted by atomic mass is 10.1. The zero-order valence-corrected chi connectivity index (χ0v) is 10.8. The van der Waals surface area contributed by atoms with Gasteiger partial charge in [0.1, 0.15) is 5.82 Å². The van der Waals surface area contributed by atoms with Crippen molar-refractivity contribution >= 4 is 10.0 Å². The summed E-state index contributed by atoms with van der Waals surface area (Å²) >= 11 is 0. The van der Waals surface area contributed by atoms with Crippen molar-refractivity contribution < 1.29 is 12.8 Å². The van der Waals surface area contributed by atoms with Crippen LogP contribution in [0.25, 0.3) is 0 Å². The lowest BCUT2D eigenvalue weighted by Gasteiger charge is -2.23. The summed E-state index contributed by atoms with van der Waals surface area (Å²) in [5, 5.41) is 3.25. The standard InChI is InChI=1S/C12H17FN2O2S/c13-10-4-3-6-12(8-10)18(16,17)15-9-11-5-1-2-7-14-11/h3-4,6,8,11,14-15H,1-2,5,7,9H2. The largest absolute Gasteiger partial charge is 0.313 e. The lowest BCUT2D eigenvalue weighted by Crippen LogP contribution is -2.43. The van der Waals surface area contributed by atoms with E-state index in [1.54, 1.807) is 0 Å². The third-order valence-corrected chi connectivity index (χ3v) is 4.46. The molecule has 1 fully saturated rings. The van der Waals surface area contributed by atoms with Crippen molar-refractivity contribution in [3.63, 3.8) is 0 Å². The fraction of sp³-hybridized carbons (Fsp3) is 0.500. The highest BCUT2D eigenvalue weighted by molar-refractivity contribution is 7.89. The van der Waals surface area contributed by atoms with Gasteiger partial charge in [0.2, 0.25) is 10.0 Å². The molecule has 2 N–H and O–H groups in total. The molecule has 1 heterocycles. The normalized spacial score (nSPS) is 20.8. The topological polar surface area (TPSA) is 58.2 Å². The van der Waals surface area contributed by atoms with Gasteiger partial charge in [-0.05, 0) is 37.6 Å². The Morgan fingerprint density at radius 1 is 1.39 bits per heavy atom. The molecule has 1 atom stereocenters. The van der Waals surface area contributed by atoms with E-state index in [9.17, 15) is 12.8 Å². The first-order valence-electron chi connectivity index (χ1n) is 6.06. The van der Waals surface area contributed by atoms with Gasteiger partial charge in [0.05, 0.1) is 4.90 Å². The Balaban J connectivity index is 1.98. The zero-order chi connectivity index (χ0) is 13.0. The third kappa shape index (κ3) is 3.51. The van der Waals surface area contributed by atoms with E-state index >= 15 is 0 Å². The summed E-state index contributed by atoms with van der Waals surface area (Å²) in [7, 11) is -3.61. The van der Waals surface area contributed by atoms with Crippen molar-refractivity contribution in [1.82, 2.24) is 10.0 Å². The number of benzene rings is 1. The Labute approximate surface area is 107 Å². The Kier molecular flexibility index (Phi) is 4.31. The summed E-state index contributed by atoms with van der Waals surface area (Å²) in [5.41, 5.74) is 0. The molecule has 0 aliphatic carbocycles. The number of piperidine rings is 1. The summed E-state index contributed by atoms with van der Waals surface area (Å²) in [6.45, 7) is 1.27. The molecule has 0 radical (unpaired) electrons. The van der Waals surface area contributed by atoms with Crippen LogP contribution in [0.15, 0.2) is 29.2 Å². The molecule has 0 spiro atoms. The van der Waals surface area contributed by atoms with Gasteiger partial charge in [-0.2, -0.15) is 0 Å². The van der Waals surface area contributed by atoms with Gasteiger partial charge in [-0.1, -0.05) is 12.5 Å². The van der Waals surface area contributed by atoms with Crippen molar-refractivity contribution in [2.24, 2.45) is 0 Å². The van der Waals surface area contributed by atoms with Crippen molar-refractivity contribution in [2.45, 2.75) is 30.2 Å². The Morgan fingerprint density at radius 2 is 2.22 bits per heavy atom. The number of halogens is 1. The number of sulfonamides is 1. The van der Waals surface area contributed by atoms with Crippen LogP contribution in [-0.2, 0) is 10.0 Å². The van der Waals surface area contributed by atoms with E-state index in [1.807, 2.05) is 0 Å². The Bertz CT molecular complexity index is 499. The molecule has 100 valence electrons. The SMILES string of the molecule is O=S(=O)(NCC1CCCCN1)c1cccc(F)c1. The first-order valence-corrected chi connectivity index (χ1v) is 7.55. The Hall–Kier alpha value is -0.980. The molecule has 1 saturated heterocycles. The second kappa shape index (κ2) is 5.77. The molecular weight excluding hydrogens is 255 g/mol. The third-order valence-electron chi connectivity index (χ3n) is 3.04. The highest BCUT2D eigenvalue weighted by Gasteiger charge is 2.18. The van der Waals surface area contributed by atoms with Gasteiger partial charge in [0.25, 0.3) is 0 Å². The number of nitrogens with one attached hydrogen (secondary N) is 2. The molecule has 0 aromatic heterocycles. The summed E-state index contributed by atoms with van der Waals surface area (Å²) in [6, 6.07) is 5.20. The zero-order valence-electron chi connectivity index (χ0n) is 10.0. The van der Waals surface area contributed by atoms with Crippen LogP contribution < -0.4 is 10.0 Å². The van der Waals surface area contributed by atoms with Gasteiger partial charge in [0.15, 0.2) is 0 Å². The van der Waals surface area contributed by atoms with Crippen LogP contribution in [-0.4, -0.2) is 27.5 Å².